The first-order valence-electron chi connectivity index (χ1n) is 7.51. The molecule has 0 spiro atoms. The lowest BCUT2D eigenvalue weighted by atomic mass is 10.0. The van der Waals surface area contributed by atoms with Gasteiger partial charge >= 0.3 is 0 Å². The highest BCUT2D eigenvalue weighted by molar-refractivity contribution is 5.21. The molecule has 1 N–H and O–H groups in total. The van der Waals surface area contributed by atoms with Crippen LogP contribution in [0.25, 0.3) is 0 Å². The molecule has 0 bridgehead atoms. The van der Waals surface area contributed by atoms with Gasteiger partial charge in [-0.2, -0.15) is 0 Å². The molecule has 1 aromatic rings. The Hall–Kier alpha value is -1.04. The largest absolute Gasteiger partial charge is 0.313 e. The minimum Gasteiger partial charge on any atom is -0.313 e. The minimum atomic E-state index is -0.515. The Balaban J connectivity index is 1.91. The molecular weight excluding hydrogens is 272 g/mol. The molecule has 0 aromatic heterocycles. The van der Waals surface area contributed by atoms with Crippen molar-refractivity contribution in [3.63, 3.8) is 0 Å². The second-order valence-corrected chi connectivity index (χ2v) is 6.04. The van der Waals surface area contributed by atoms with Crippen LogP contribution in [0.4, 0.5) is 8.78 Å². The Morgan fingerprint density at radius 2 is 1.95 bits per heavy atom. The lowest BCUT2D eigenvalue weighted by Gasteiger charge is -2.23. The maximum Gasteiger partial charge on any atom is 0.126 e. The zero-order valence-electron chi connectivity index (χ0n) is 13.1. The molecule has 3 nitrogen and oxygen atoms in total. The number of likely N-dealkylation sites (N-methyl/N-ethyl adjacent to an activating group) is 1. The molecular formula is C16H25F2N3. The van der Waals surface area contributed by atoms with Gasteiger partial charge in [0.25, 0.3) is 0 Å². The molecule has 1 aliphatic rings. The monoisotopic (exact) mass is 297 g/mol. The van der Waals surface area contributed by atoms with Crippen LogP contribution in [0.3, 0.4) is 0 Å². The summed E-state index contributed by atoms with van der Waals surface area (Å²) in [6, 6.07) is 4.34. The van der Waals surface area contributed by atoms with E-state index in [-0.39, 0.29) is 6.04 Å². The van der Waals surface area contributed by atoms with Crippen LogP contribution < -0.4 is 5.32 Å². The number of nitrogens with one attached hydrogen (secondary N) is 1. The van der Waals surface area contributed by atoms with E-state index in [0.717, 1.165) is 32.1 Å². The summed E-state index contributed by atoms with van der Waals surface area (Å²) in [5.41, 5.74) is 0.679. The second kappa shape index (κ2) is 7.29. The van der Waals surface area contributed by atoms with Crippen LogP contribution in [0.2, 0.25) is 0 Å². The van der Waals surface area contributed by atoms with Gasteiger partial charge < -0.3 is 15.1 Å². The number of benzene rings is 1. The second-order valence-electron chi connectivity index (χ2n) is 6.04. The molecule has 1 heterocycles. The van der Waals surface area contributed by atoms with Gasteiger partial charge in [0.15, 0.2) is 0 Å². The van der Waals surface area contributed by atoms with E-state index >= 15 is 0 Å². The maximum atomic E-state index is 13.3. The third kappa shape index (κ3) is 4.46. The van der Waals surface area contributed by atoms with Gasteiger partial charge in [-0.15, -0.1) is 0 Å². The van der Waals surface area contributed by atoms with Gasteiger partial charge in [0.05, 0.1) is 0 Å². The predicted molar refractivity (Wildman–Crippen MR) is 81.3 cm³/mol. The van der Waals surface area contributed by atoms with Crippen molar-refractivity contribution in [1.29, 1.82) is 0 Å². The quantitative estimate of drug-likeness (QED) is 0.869. The number of rotatable bonds is 6. The summed E-state index contributed by atoms with van der Waals surface area (Å²) >= 11 is 0. The van der Waals surface area contributed by atoms with Gasteiger partial charge in [-0.05, 0) is 58.2 Å². The molecule has 1 saturated heterocycles. The van der Waals surface area contributed by atoms with Crippen LogP contribution in [0.5, 0.6) is 0 Å². The highest BCUT2D eigenvalue weighted by atomic mass is 19.1. The summed E-state index contributed by atoms with van der Waals surface area (Å²) < 4.78 is 26.6. The van der Waals surface area contributed by atoms with Crippen molar-refractivity contribution in [3.05, 3.63) is 35.4 Å². The summed E-state index contributed by atoms with van der Waals surface area (Å²) in [6.07, 6.45) is 2.03. The lowest BCUT2D eigenvalue weighted by Crippen LogP contribution is -2.32. The number of hydrogen-bond acceptors (Lipinski definition) is 3. The standard InChI is InChI=1S/C16H25F2N3/c1-19-16(12-8-13(17)10-14(18)9-12)5-7-21-6-4-15(11-21)20(2)3/h8-10,15-16,19H,4-7,11H2,1-3H3. The molecule has 21 heavy (non-hydrogen) atoms. The van der Waals surface area contributed by atoms with E-state index in [1.54, 1.807) is 0 Å². The Bertz CT molecular complexity index is 445. The first-order valence-corrected chi connectivity index (χ1v) is 7.51. The molecule has 1 aliphatic heterocycles. The Morgan fingerprint density at radius 1 is 1.29 bits per heavy atom. The van der Waals surface area contributed by atoms with E-state index < -0.39 is 11.6 Å². The van der Waals surface area contributed by atoms with Gasteiger partial charge in [-0.25, -0.2) is 8.78 Å². The first kappa shape index (κ1) is 16.3. The zero-order chi connectivity index (χ0) is 15.4. The van der Waals surface area contributed by atoms with Crippen molar-refractivity contribution >= 4 is 0 Å². The maximum absolute atomic E-state index is 13.3. The van der Waals surface area contributed by atoms with Gasteiger partial charge in [0, 0.05) is 31.2 Å². The van der Waals surface area contributed by atoms with E-state index in [9.17, 15) is 8.78 Å². The predicted octanol–water partition coefficient (Wildman–Crippen LogP) is 2.25. The van der Waals surface area contributed by atoms with Crippen LogP contribution in [-0.4, -0.2) is 56.6 Å². The van der Waals surface area contributed by atoms with Crippen molar-refractivity contribution in [2.24, 2.45) is 0 Å². The minimum absolute atomic E-state index is 0.0198. The van der Waals surface area contributed by atoms with Crippen molar-refractivity contribution in [2.75, 3.05) is 40.8 Å². The van der Waals surface area contributed by atoms with Crippen molar-refractivity contribution in [3.8, 4) is 0 Å². The number of nitrogens with zero attached hydrogens (tertiary/aromatic N) is 2. The average molecular weight is 297 g/mol. The van der Waals surface area contributed by atoms with E-state index in [1.165, 1.54) is 18.6 Å². The molecule has 5 heteroatoms. The van der Waals surface area contributed by atoms with Crippen LogP contribution in [-0.2, 0) is 0 Å². The third-order valence-corrected chi connectivity index (χ3v) is 4.35. The molecule has 2 rings (SSSR count). The molecule has 118 valence electrons. The average Bonchev–Trinajstić information content (AvgIpc) is 2.87. The van der Waals surface area contributed by atoms with Crippen molar-refractivity contribution in [2.45, 2.75) is 24.9 Å². The first-order chi connectivity index (χ1) is 9.99. The molecule has 2 atom stereocenters. The van der Waals surface area contributed by atoms with E-state index in [0.29, 0.717) is 11.6 Å². The summed E-state index contributed by atoms with van der Waals surface area (Å²) in [4.78, 5) is 4.68. The lowest BCUT2D eigenvalue weighted by molar-refractivity contribution is 0.260. The van der Waals surface area contributed by atoms with E-state index in [2.05, 4.69) is 29.2 Å². The fourth-order valence-corrected chi connectivity index (χ4v) is 3.00. The summed E-state index contributed by atoms with van der Waals surface area (Å²) in [5.74, 6) is -1.03. The fraction of sp³-hybridized carbons (Fsp3) is 0.625. The van der Waals surface area contributed by atoms with E-state index in [4.69, 9.17) is 0 Å². The Labute approximate surface area is 125 Å². The summed E-state index contributed by atoms with van der Waals surface area (Å²) in [7, 11) is 6.06. The van der Waals surface area contributed by atoms with Gasteiger partial charge in [-0.1, -0.05) is 0 Å². The Morgan fingerprint density at radius 3 is 2.48 bits per heavy atom. The number of hydrogen-bond donors (Lipinski definition) is 1. The fourth-order valence-electron chi connectivity index (χ4n) is 3.00. The van der Waals surface area contributed by atoms with E-state index in [1.807, 2.05) is 7.05 Å². The smallest absolute Gasteiger partial charge is 0.126 e. The number of likely N-dealkylation sites (tertiary alicyclic amines) is 1. The van der Waals surface area contributed by atoms with Crippen LogP contribution >= 0.6 is 0 Å². The molecule has 1 aromatic carbocycles. The van der Waals surface area contributed by atoms with Crippen molar-refractivity contribution in [1.82, 2.24) is 15.1 Å². The van der Waals surface area contributed by atoms with Gasteiger partial charge in [-0.3, -0.25) is 0 Å². The molecule has 0 radical (unpaired) electrons. The number of halogens is 2. The van der Waals surface area contributed by atoms with Gasteiger partial charge in [0.2, 0.25) is 0 Å². The third-order valence-electron chi connectivity index (χ3n) is 4.35. The molecule has 0 saturated carbocycles. The van der Waals surface area contributed by atoms with Gasteiger partial charge in [0.1, 0.15) is 11.6 Å². The zero-order valence-corrected chi connectivity index (χ0v) is 13.1. The molecule has 1 fully saturated rings. The molecule has 2 unspecified atom stereocenters. The van der Waals surface area contributed by atoms with Crippen LogP contribution in [0.1, 0.15) is 24.4 Å². The van der Waals surface area contributed by atoms with Crippen molar-refractivity contribution < 1.29 is 8.78 Å². The summed E-state index contributed by atoms with van der Waals surface area (Å²) in [6.45, 7) is 3.10. The molecule has 0 amide bonds. The topological polar surface area (TPSA) is 18.5 Å². The highest BCUT2D eigenvalue weighted by Crippen LogP contribution is 2.21. The normalized spacial score (nSPS) is 21.1. The summed E-state index contributed by atoms with van der Waals surface area (Å²) in [5, 5.41) is 3.16. The highest BCUT2D eigenvalue weighted by Gasteiger charge is 2.24. The Kier molecular flexibility index (Phi) is 5.67. The molecule has 0 aliphatic carbocycles. The van der Waals surface area contributed by atoms with Crippen LogP contribution in [0, 0.1) is 11.6 Å². The SMILES string of the molecule is CNC(CCN1CCC(N(C)C)C1)c1cc(F)cc(F)c1. The van der Waals surface area contributed by atoms with Crippen LogP contribution in [0.15, 0.2) is 18.2 Å².